The zero-order valence-corrected chi connectivity index (χ0v) is 12.1. The Labute approximate surface area is 117 Å². The van der Waals surface area contributed by atoms with Gasteiger partial charge in [-0.25, -0.2) is 0 Å². The fraction of sp³-hybridized carbons (Fsp3) is 0.562. The van der Waals surface area contributed by atoms with Gasteiger partial charge in [0.15, 0.2) is 0 Å². The molecule has 0 radical (unpaired) electrons. The van der Waals surface area contributed by atoms with Gasteiger partial charge >= 0.3 is 0 Å². The molecule has 4 saturated carbocycles. The molecule has 1 nitrogen and oxygen atoms in total. The first kappa shape index (κ1) is 11.2. The van der Waals surface area contributed by atoms with E-state index in [-0.39, 0.29) is 0 Å². The van der Waals surface area contributed by atoms with Crippen molar-refractivity contribution in [3.05, 3.63) is 34.3 Å². The van der Waals surface area contributed by atoms with E-state index in [4.69, 9.17) is 4.99 Å². The highest BCUT2D eigenvalue weighted by Crippen LogP contribution is 2.62. The van der Waals surface area contributed by atoms with E-state index in [0.29, 0.717) is 5.54 Å². The van der Waals surface area contributed by atoms with Crippen LogP contribution in [-0.2, 0) is 0 Å². The van der Waals surface area contributed by atoms with Crippen LogP contribution in [0.25, 0.3) is 0 Å². The molecular formula is C16H18BrN. The van der Waals surface area contributed by atoms with Crippen LogP contribution in [0.3, 0.4) is 0 Å². The highest BCUT2D eigenvalue weighted by molar-refractivity contribution is 9.10. The summed E-state index contributed by atoms with van der Waals surface area (Å²) in [6.07, 6.45) is 9.23. The van der Waals surface area contributed by atoms with Crippen LogP contribution < -0.4 is 0 Å². The van der Waals surface area contributed by atoms with Crippen molar-refractivity contribution >= 4 is 22.1 Å². The monoisotopic (exact) mass is 303 g/mol. The van der Waals surface area contributed by atoms with E-state index in [1.54, 1.807) is 0 Å². The topological polar surface area (TPSA) is 12.4 Å². The molecule has 0 amide bonds. The van der Waals surface area contributed by atoms with Crippen molar-refractivity contribution in [2.75, 3.05) is 0 Å². The van der Waals surface area contributed by atoms with E-state index in [1.807, 2.05) is 0 Å². The number of aliphatic imine (C=N–C) groups is 1. The Morgan fingerprint density at radius 2 is 1.94 bits per heavy atom. The fourth-order valence-electron chi connectivity index (χ4n) is 4.75. The molecule has 2 atom stereocenters. The van der Waals surface area contributed by atoms with Crippen molar-refractivity contribution in [2.45, 2.75) is 37.6 Å². The molecule has 0 saturated heterocycles. The van der Waals surface area contributed by atoms with Crippen molar-refractivity contribution in [3.63, 3.8) is 0 Å². The molecule has 2 unspecified atom stereocenters. The molecule has 5 rings (SSSR count). The second-order valence-electron chi connectivity index (χ2n) is 6.46. The number of benzene rings is 1. The molecule has 4 bridgehead atoms. The summed E-state index contributed by atoms with van der Waals surface area (Å²) in [5, 5.41) is 0. The van der Waals surface area contributed by atoms with E-state index in [1.165, 1.54) is 37.7 Å². The molecule has 0 aromatic heterocycles. The third kappa shape index (κ3) is 1.69. The minimum atomic E-state index is 0.329. The first-order valence-corrected chi connectivity index (χ1v) is 7.84. The van der Waals surface area contributed by atoms with E-state index in [2.05, 4.69) is 46.4 Å². The molecule has 1 aromatic rings. The molecule has 4 fully saturated rings. The number of hydrogen-bond acceptors (Lipinski definition) is 1. The summed E-state index contributed by atoms with van der Waals surface area (Å²) in [5.74, 6) is 2.87. The van der Waals surface area contributed by atoms with E-state index < -0.39 is 0 Å². The molecule has 0 aliphatic heterocycles. The van der Waals surface area contributed by atoms with Gasteiger partial charge in [0.25, 0.3) is 0 Å². The number of rotatable bonds is 2. The first-order valence-electron chi connectivity index (χ1n) is 7.04. The third-order valence-electron chi connectivity index (χ3n) is 5.27. The van der Waals surface area contributed by atoms with E-state index in [0.717, 1.165) is 22.2 Å². The van der Waals surface area contributed by atoms with Crippen LogP contribution in [0.4, 0.5) is 0 Å². The van der Waals surface area contributed by atoms with Gasteiger partial charge in [0.2, 0.25) is 0 Å². The van der Waals surface area contributed by atoms with Gasteiger partial charge in [0.05, 0.1) is 5.54 Å². The van der Waals surface area contributed by atoms with E-state index in [9.17, 15) is 0 Å². The van der Waals surface area contributed by atoms with Crippen LogP contribution in [-0.4, -0.2) is 11.8 Å². The summed E-state index contributed by atoms with van der Waals surface area (Å²) in [6.45, 7) is 0. The zero-order valence-electron chi connectivity index (χ0n) is 10.5. The Morgan fingerprint density at radius 1 is 1.17 bits per heavy atom. The Morgan fingerprint density at radius 3 is 2.67 bits per heavy atom. The summed E-state index contributed by atoms with van der Waals surface area (Å²) in [4.78, 5) is 5.06. The molecule has 18 heavy (non-hydrogen) atoms. The molecule has 4 aliphatic carbocycles. The van der Waals surface area contributed by atoms with Crippen LogP contribution in [0.15, 0.2) is 33.7 Å². The predicted octanol–water partition coefficient (Wildman–Crippen LogP) is 4.45. The lowest BCUT2D eigenvalue weighted by molar-refractivity contribution is 0.269. The first-order chi connectivity index (χ1) is 8.73. The van der Waals surface area contributed by atoms with Gasteiger partial charge in [0, 0.05) is 10.7 Å². The van der Waals surface area contributed by atoms with E-state index >= 15 is 0 Å². The molecule has 0 heterocycles. The Hall–Kier alpha value is -0.630. The minimum absolute atomic E-state index is 0.329. The average molecular weight is 304 g/mol. The van der Waals surface area contributed by atoms with Crippen LogP contribution in [0.2, 0.25) is 0 Å². The van der Waals surface area contributed by atoms with Gasteiger partial charge < -0.3 is 0 Å². The number of halogens is 1. The second kappa shape index (κ2) is 3.93. The second-order valence-corrected chi connectivity index (χ2v) is 7.38. The van der Waals surface area contributed by atoms with Gasteiger partial charge in [-0.1, -0.05) is 28.1 Å². The van der Waals surface area contributed by atoms with Crippen LogP contribution >= 0.6 is 15.9 Å². The summed E-state index contributed by atoms with van der Waals surface area (Å²) < 4.78 is 1.14. The van der Waals surface area contributed by atoms with Crippen molar-refractivity contribution in [3.8, 4) is 0 Å². The van der Waals surface area contributed by atoms with Crippen molar-refractivity contribution in [2.24, 2.45) is 22.7 Å². The maximum absolute atomic E-state index is 5.06. The normalized spacial score (nSPS) is 41.1. The zero-order chi connectivity index (χ0) is 12.2. The molecule has 94 valence electrons. The van der Waals surface area contributed by atoms with Gasteiger partial charge in [-0.3, -0.25) is 4.99 Å². The molecular weight excluding hydrogens is 286 g/mol. The Bertz CT molecular complexity index is 494. The number of nitrogens with zero attached hydrogens (tertiary/aromatic N) is 1. The summed E-state index contributed by atoms with van der Waals surface area (Å²) in [5.41, 5.74) is 1.56. The van der Waals surface area contributed by atoms with Crippen LogP contribution in [0.1, 0.15) is 37.7 Å². The number of hydrogen-bond donors (Lipinski definition) is 0. The molecule has 2 heteroatoms. The predicted molar refractivity (Wildman–Crippen MR) is 78.0 cm³/mol. The Balaban J connectivity index is 1.62. The van der Waals surface area contributed by atoms with Gasteiger partial charge in [0.1, 0.15) is 0 Å². The molecule has 0 N–H and O–H groups in total. The van der Waals surface area contributed by atoms with Crippen molar-refractivity contribution in [1.82, 2.24) is 0 Å². The van der Waals surface area contributed by atoms with Gasteiger partial charge in [-0.05, 0) is 67.6 Å². The quantitative estimate of drug-likeness (QED) is 0.716. The lowest BCUT2D eigenvalue weighted by Gasteiger charge is -2.29. The third-order valence-corrected chi connectivity index (χ3v) is 5.76. The van der Waals surface area contributed by atoms with Gasteiger partial charge in [-0.2, -0.15) is 0 Å². The standard InChI is InChI=1S/C16H18BrN/c17-15-3-1-2-11(7-15)10-18-16-8-12-4-13(9-16)6-14(16)5-12/h1-3,7,10,12-14H,4-6,8-9H2. The average Bonchev–Trinajstić information content (AvgIpc) is 2.73. The maximum atomic E-state index is 5.06. The van der Waals surface area contributed by atoms with Crippen LogP contribution in [0.5, 0.6) is 0 Å². The SMILES string of the molecule is Brc1cccc(C=NC23CC4CC(CC2C4)C3)c1. The molecule has 1 aromatic carbocycles. The highest BCUT2D eigenvalue weighted by atomic mass is 79.9. The van der Waals surface area contributed by atoms with Crippen molar-refractivity contribution in [1.29, 1.82) is 0 Å². The molecule has 4 aliphatic rings. The lowest BCUT2D eigenvalue weighted by Crippen LogP contribution is -2.28. The highest BCUT2D eigenvalue weighted by Gasteiger charge is 2.57. The summed E-state index contributed by atoms with van der Waals surface area (Å²) in [6, 6.07) is 8.45. The minimum Gasteiger partial charge on any atom is -0.286 e. The van der Waals surface area contributed by atoms with Crippen molar-refractivity contribution < 1.29 is 0 Å². The van der Waals surface area contributed by atoms with Gasteiger partial charge in [-0.15, -0.1) is 0 Å². The van der Waals surface area contributed by atoms with Crippen LogP contribution in [0, 0.1) is 17.8 Å². The fourth-order valence-corrected chi connectivity index (χ4v) is 5.17. The lowest BCUT2D eigenvalue weighted by atomic mass is 9.80. The smallest absolute Gasteiger partial charge is 0.0641 e. The summed E-state index contributed by atoms with van der Waals surface area (Å²) >= 11 is 3.53. The Kier molecular flexibility index (Phi) is 2.45. The maximum Gasteiger partial charge on any atom is 0.0641 e. The summed E-state index contributed by atoms with van der Waals surface area (Å²) in [7, 11) is 0. The largest absolute Gasteiger partial charge is 0.286 e. The molecule has 0 spiro atoms.